The maximum absolute atomic E-state index is 4.46. The van der Waals surface area contributed by atoms with Crippen LogP contribution in [0.25, 0.3) is 10.2 Å². The second kappa shape index (κ2) is 6.19. The van der Waals surface area contributed by atoms with Crippen molar-refractivity contribution in [2.24, 2.45) is 0 Å². The third-order valence-electron chi connectivity index (χ3n) is 1.67. The molecule has 2 rings (SSSR count). The van der Waals surface area contributed by atoms with Crippen molar-refractivity contribution in [2.75, 3.05) is 7.05 Å². The fourth-order valence-corrected chi connectivity index (χ4v) is 2.13. The van der Waals surface area contributed by atoms with Gasteiger partial charge in [0.05, 0.1) is 10.2 Å². The summed E-state index contributed by atoms with van der Waals surface area (Å²) in [6, 6.07) is 8.21. The number of thiazole rings is 1. The monoisotopic (exact) mass is 250 g/mol. The van der Waals surface area contributed by atoms with Gasteiger partial charge in [0.15, 0.2) is 0 Å². The lowest BCUT2D eigenvalue weighted by Gasteiger charge is -1.88. The van der Waals surface area contributed by atoms with Crippen LogP contribution in [0.4, 0.5) is 0 Å². The Hall–Kier alpha value is -0.350. The average Bonchev–Trinajstić information content (AvgIpc) is 2.47. The van der Waals surface area contributed by atoms with Gasteiger partial charge in [-0.25, -0.2) is 4.98 Å². The fraction of sp³-hybridized carbons (Fsp3) is 0.222. The summed E-state index contributed by atoms with van der Waals surface area (Å²) < 4.78 is 1.27. The van der Waals surface area contributed by atoms with Crippen LogP contribution in [0, 0.1) is 0 Å². The number of rotatable bonds is 2. The highest BCUT2D eigenvalue weighted by molar-refractivity contribution is 7.18. The Morgan fingerprint density at radius 3 is 2.64 bits per heavy atom. The van der Waals surface area contributed by atoms with E-state index in [4.69, 9.17) is 0 Å². The summed E-state index contributed by atoms with van der Waals surface area (Å²) in [6.07, 6.45) is 0. The molecule has 2 nitrogen and oxygen atoms in total. The number of hydrogen-bond acceptors (Lipinski definition) is 3. The van der Waals surface area contributed by atoms with Crippen LogP contribution in [0.15, 0.2) is 24.3 Å². The topological polar surface area (TPSA) is 24.9 Å². The molecule has 1 aromatic heterocycles. The molecule has 0 amide bonds. The van der Waals surface area contributed by atoms with Crippen LogP contribution in [-0.4, -0.2) is 12.0 Å². The van der Waals surface area contributed by atoms with Gasteiger partial charge in [0.1, 0.15) is 5.01 Å². The molecule has 0 atom stereocenters. The van der Waals surface area contributed by atoms with E-state index in [0.29, 0.717) is 0 Å². The molecule has 0 spiro atoms. The molecule has 0 fully saturated rings. The van der Waals surface area contributed by atoms with Gasteiger partial charge >= 0.3 is 0 Å². The summed E-state index contributed by atoms with van der Waals surface area (Å²) in [6.45, 7) is 0.860. The Balaban J connectivity index is 0.000000845. The zero-order valence-electron chi connectivity index (χ0n) is 7.69. The van der Waals surface area contributed by atoms with Gasteiger partial charge < -0.3 is 5.32 Å². The number of hydrogen-bond donors (Lipinski definition) is 1. The number of nitrogens with one attached hydrogen (secondary N) is 1. The van der Waals surface area contributed by atoms with E-state index in [0.717, 1.165) is 17.1 Å². The lowest BCUT2D eigenvalue weighted by molar-refractivity contribution is 0.812. The zero-order valence-corrected chi connectivity index (χ0v) is 10.1. The van der Waals surface area contributed by atoms with Gasteiger partial charge in [0, 0.05) is 6.54 Å². The van der Waals surface area contributed by atoms with Crippen LogP contribution in [0.1, 0.15) is 5.01 Å². The second-order valence-corrected chi connectivity index (χ2v) is 3.72. The molecule has 0 bridgehead atoms. The van der Waals surface area contributed by atoms with E-state index in [1.165, 1.54) is 4.70 Å². The standard InChI is InChI=1S/C9H10N2S.2ClH/c1-10-6-9-11-7-4-2-3-5-8(7)12-9;;/h2-5,10H,6H2,1H3;2*1H. The molecule has 0 unspecified atom stereocenters. The summed E-state index contributed by atoms with van der Waals surface area (Å²) in [5.41, 5.74) is 1.10. The number of para-hydroxylation sites is 1. The van der Waals surface area contributed by atoms with Crippen LogP contribution >= 0.6 is 36.2 Å². The van der Waals surface area contributed by atoms with Crippen molar-refractivity contribution in [3.05, 3.63) is 29.3 Å². The predicted octanol–water partition coefficient (Wildman–Crippen LogP) is 2.86. The quantitative estimate of drug-likeness (QED) is 0.887. The smallest absolute Gasteiger partial charge is 0.108 e. The van der Waals surface area contributed by atoms with Gasteiger partial charge in [0.2, 0.25) is 0 Å². The highest BCUT2D eigenvalue weighted by Crippen LogP contribution is 2.20. The minimum Gasteiger partial charge on any atom is -0.314 e. The molecular weight excluding hydrogens is 239 g/mol. The molecule has 5 heteroatoms. The molecule has 0 aliphatic carbocycles. The van der Waals surface area contributed by atoms with Crippen LogP contribution < -0.4 is 5.32 Å². The first-order valence-electron chi connectivity index (χ1n) is 3.89. The first-order valence-corrected chi connectivity index (χ1v) is 4.71. The normalized spacial score (nSPS) is 9.21. The van der Waals surface area contributed by atoms with Crippen LogP contribution in [0.5, 0.6) is 0 Å². The van der Waals surface area contributed by atoms with Gasteiger partial charge in [-0.05, 0) is 19.2 Å². The van der Waals surface area contributed by atoms with Crippen LogP contribution in [0.2, 0.25) is 0 Å². The summed E-state index contributed by atoms with van der Waals surface area (Å²) in [5, 5.41) is 4.24. The van der Waals surface area contributed by atoms with Crippen molar-refractivity contribution in [3.63, 3.8) is 0 Å². The third-order valence-corrected chi connectivity index (χ3v) is 2.70. The van der Waals surface area contributed by atoms with E-state index in [9.17, 15) is 0 Å². The summed E-state index contributed by atoms with van der Waals surface area (Å²) >= 11 is 1.75. The molecule has 0 aliphatic rings. The van der Waals surface area contributed by atoms with Gasteiger partial charge in [-0.3, -0.25) is 0 Å². The van der Waals surface area contributed by atoms with E-state index in [-0.39, 0.29) is 24.8 Å². The molecule has 78 valence electrons. The molecule has 0 aliphatic heterocycles. The molecule has 0 saturated carbocycles. The zero-order chi connectivity index (χ0) is 8.39. The number of benzene rings is 1. The molecule has 0 saturated heterocycles. The van der Waals surface area contributed by atoms with Gasteiger partial charge in [-0.1, -0.05) is 12.1 Å². The number of halogens is 2. The first-order chi connectivity index (χ1) is 5.90. The SMILES string of the molecule is CNCc1nc2ccccc2s1.Cl.Cl. The number of aromatic nitrogens is 1. The van der Waals surface area contributed by atoms with E-state index in [1.54, 1.807) is 11.3 Å². The Bertz CT molecular complexity index is 356. The summed E-state index contributed by atoms with van der Waals surface area (Å²) in [5.74, 6) is 0. The van der Waals surface area contributed by atoms with Crippen molar-refractivity contribution in [2.45, 2.75) is 6.54 Å². The number of fused-ring (bicyclic) bond motifs is 1. The predicted molar refractivity (Wildman–Crippen MR) is 66.9 cm³/mol. The highest BCUT2D eigenvalue weighted by atomic mass is 35.5. The van der Waals surface area contributed by atoms with E-state index >= 15 is 0 Å². The molecule has 1 heterocycles. The Morgan fingerprint density at radius 1 is 1.29 bits per heavy atom. The van der Waals surface area contributed by atoms with Gasteiger partial charge in [-0.15, -0.1) is 36.2 Å². The maximum atomic E-state index is 4.46. The lowest BCUT2D eigenvalue weighted by atomic mass is 10.3. The minimum atomic E-state index is 0. The summed E-state index contributed by atoms with van der Waals surface area (Å²) in [7, 11) is 1.94. The Labute approximate surface area is 99.6 Å². The highest BCUT2D eigenvalue weighted by Gasteiger charge is 2.00. The molecule has 14 heavy (non-hydrogen) atoms. The van der Waals surface area contributed by atoms with E-state index < -0.39 is 0 Å². The third kappa shape index (κ3) is 2.82. The van der Waals surface area contributed by atoms with E-state index in [2.05, 4.69) is 16.4 Å². The Kier molecular flexibility index (Phi) is 6.04. The largest absolute Gasteiger partial charge is 0.314 e. The van der Waals surface area contributed by atoms with Crippen molar-refractivity contribution in [1.82, 2.24) is 10.3 Å². The molecule has 1 N–H and O–H groups in total. The van der Waals surface area contributed by atoms with Crippen molar-refractivity contribution < 1.29 is 0 Å². The average molecular weight is 251 g/mol. The second-order valence-electron chi connectivity index (χ2n) is 2.61. The molecular formula is C9H12Cl2N2S. The van der Waals surface area contributed by atoms with Crippen molar-refractivity contribution in [3.8, 4) is 0 Å². The first kappa shape index (κ1) is 13.7. The Morgan fingerprint density at radius 2 is 2.00 bits per heavy atom. The minimum absolute atomic E-state index is 0. The van der Waals surface area contributed by atoms with Crippen molar-refractivity contribution >= 4 is 46.4 Å². The maximum Gasteiger partial charge on any atom is 0.108 e. The van der Waals surface area contributed by atoms with Crippen LogP contribution in [0.3, 0.4) is 0 Å². The van der Waals surface area contributed by atoms with Gasteiger partial charge in [0.25, 0.3) is 0 Å². The van der Waals surface area contributed by atoms with Crippen molar-refractivity contribution in [1.29, 1.82) is 0 Å². The molecule has 1 aromatic carbocycles. The number of nitrogens with zero attached hydrogens (tertiary/aromatic N) is 1. The lowest BCUT2D eigenvalue weighted by Crippen LogP contribution is -2.03. The molecule has 2 aromatic rings. The summed E-state index contributed by atoms with van der Waals surface area (Å²) in [4.78, 5) is 4.46. The molecule has 0 radical (unpaired) electrons. The van der Waals surface area contributed by atoms with Gasteiger partial charge in [-0.2, -0.15) is 0 Å². The van der Waals surface area contributed by atoms with Crippen LogP contribution in [-0.2, 0) is 6.54 Å². The fourth-order valence-electron chi connectivity index (χ4n) is 1.15. The van der Waals surface area contributed by atoms with E-state index in [1.807, 2.05) is 25.2 Å².